The lowest BCUT2D eigenvalue weighted by atomic mass is 9.77. The van der Waals surface area contributed by atoms with Gasteiger partial charge in [0.1, 0.15) is 0 Å². The first-order chi connectivity index (χ1) is 9.12. The average Bonchev–Trinajstić information content (AvgIpc) is 2.50. The van der Waals surface area contributed by atoms with Gasteiger partial charge in [-0.2, -0.15) is 0 Å². The summed E-state index contributed by atoms with van der Waals surface area (Å²) in [5.74, 6) is 0. The highest BCUT2D eigenvalue weighted by atomic mass is 16.7. The molecule has 1 fully saturated rings. The zero-order valence-electron chi connectivity index (χ0n) is 13.7. The molecule has 0 saturated carbocycles. The summed E-state index contributed by atoms with van der Waals surface area (Å²) in [7, 11) is 3.76. The highest BCUT2D eigenvalue weighted by molar-refractivity contribution is 6.62. The van der Waals surface area contributed by atoms with Crippen LogP contribution in [0.1, 0.15) is 39.0 Å². The Hall–Kier alpha value is -0.905. The SMILES string of the molecule is Cc1ncc(CN(C)C)cc1B1OC(C)(C)C(C)(C)O1. The molecule has 1 aliphatic heterocycles. The summed E-state index contributed by atoms with van der Waals surface area (Å²) in [4.78, 5) is 6.61. The summed E-state index contributed by atoms with van der Waals surface area (Å²) in [6.45, 7) is 11.1. The van der Waals surface area contributed by atoms with Crippen molar-refractivity contribution < 1.29 is 9.31 Å². The first kappa shape index (κ1) is 15.5. The minimum absolute atomic E-state index is 0.318. The molecule has 0 amide bonds. The molecule has 2 heterocycles. The van der Waals surface area contributed by atoms with E-state index in [0.717, 1.165) is 17.7 Å². The van der Waals surface area contributed by atoms with Crippen LogP contribution in [0, 0.1) is 6.92 Å². The molecule has 0 N–H and O–H groups in total. The predicted molar refractivity (Wildman–Crippen MR) is 82.1 cm³/mol. The van der Waals surface area contributed by atoms with Gasteiger partial charge in [0.2, 0.25) is 0 Å². The molecular weight excluding hydrogens is 251 g/mol. The lowest BCUT2D eigenvalue weighted by Crippen LogP contribution is -2.41. The van der Waals surface area contributed by atoms with Crippen molar-refractivity contribution in [1.29, 1.82) is 0 Å². The molecule has 0 spiro atoms. The van der Waals surface area contributed by atoms with Gasteiger partial charge in [0.05, 0.1) is 11.2 Å². The summed E-state index contributed by atoms with van der Waals surface area (Å²) < 4.78 is 12.2. The van der Waals surface area contributed by atoms with E-state index in [2.05, 4.69) is 43.6 Å². The van der Waals surface area contributed by atoms with E-state index in [1.807, 2.05) is 27.2 Å². The molecule has 5 heteroatoms. The zero-order chi connectivity index (χ0) is 15.1. The van der Waals surface area contributed by atoms with E-state index in [9.17, 15) is 0 Å². The third kappa shape index (κ3) is 2.90. The number of rotatable bonds is 3. The molecule has 2 rings (SSSR count). The second kappa shape index (κ2) is 5.13. The van der Waals surface area contributed by atoms with E-state index in [1.54, 1.807) is 0 Å². The fourth-order valence-corrected chi connectivity index (χ4v) is 2.26. The van der Waals surface area contributed by atoms with Gasteiger partial charge in [0, 0.05) is 23.9 Å². The Morgan fingerprint density at radius 2 is 1.70 bits per heavy atom. The number of nitrogens with zero attached hydrogens (tertiary/aromatic N) is 2. The Labute approximate surface area is 122 Å². The van der Waals surface area contributed by atoms with Crippen molar-refractivity contribution in [2.24, 2.45) is 0 Å². The topological polar surface area (TPSA) is 34.6 Å². The van der Waals surface area contributed by atoms with E-state index in [-0.39, 0.29) is 18.3 Å². The van der Waals surface area contributed by atoms with Gasteiger partial charge >= 0.3 is 7.12 Å². The van der Waals surface area contributed by atoms with Crippen LogP contribution in [-0.4, -0.2) is 42.3 Å². The Morgan fingerprint density at radius 1 is 1.15 bits per heavy atom. The smallest absolute Gasteiger partial charge is 0.399 e. The molecule has 20 heavy (non-hydrogen) atoms. The molecule has 110 valence electrons. The van der Waals surface area contributed by atoms with Crippen LogP contribution >= 0.6 is 0 Å². The second-order valence-corrected chi connectivity index (χ2v) is 6.84. The predicted octanol–water partition coefficient (Wildman–Crippen LogP) is 1.75. The first-order valence-electron chi connectivity index (χ1n) is 7.08. The molecular formula is C15H25BN2O2. The minimum atomic E-state index is -0.338. The van der Waals surface area contributed by atoms with E-state index >= 15 is 0 Å². The average molecular weight is 276 g/mol. The quantitative estimate of drug-likeness (QED) is 0.788. The normalized spacial score (nSPS) is 20.7. The molecule has 0 radical (unpaired) electrons. The van der Waals surface area contributed by atoms with Crippen molar-refractivity contribution in [3.8, 4) is 0 Å². The van der Waals surface area contributed by atoms with Crippen molar-refractivity contribution in [2.45, 2.75) is 52.4 Å². The molecule has 0 bridgehead atoms. The van der Waals surface area contributed by atoms with Crippen LogP contribution in [0.15, 0.2) is 12.3 Å². The third-order valence-electron chi connectivity index (χ3n) is 4.19. The maximum atomic E-state index is 6.12. The zero-order valence-corrected chi connectivity index (χ0v) is 13.7. The molecule has 1 aromatic rings. The van der Waals surface area contributed by atoms with Crippen LogP contribution < -0.4 is 5.46 Å². The van der Waals surface area contributed by atoms with Gasteiger partial charge in [-0.05, 0) is 54.3 Å². The second-order valence-electron chi connectivity index (χ2n) is 6.84. The van der Waals surface area contributed by atoms with Crippen LogP contribution in [0.2, 0.25) is 0 Å². The third-order valence-corrected chi connectivity index (χ3v) is 4.19. The minimum Gasteiger partial charge on any atom is -0.399 e. The van der Waals surface area contributed by atoms with Crippen LogP contribution in [0.3, 0.4) is 0 Å². The molecule has 0 aromatic carbocycles. The molecule has 0 atom stereocenters. The highest BCUT2D eigenvalue weighted by Crippen LogP contribution is 2.36. The number of pyridine rings is 1. The lowest BCUT2D eigenvalue weighted by Gasteiger charge is -2.32. The van der Waals surface area contributed by atoms with Gasteiger partial charge in [-0.3, -0.25) is 4.98 Å². The summed E-state index contributed by atoms with van der Waals surface area (Å²) in [6, 6.07) is 2.14. The first-order valence-corrected chi connectivity index (χ1v) is 7.08. The number of hydrogen-bond donors (Lipinski definition) is 0. The van der Waals surface area contributed by atoms with Crippen molar-refractivity contribution in [2.75, 3.05) is 14.1 Å². The number of aryl methyl sites for hydroxylation is 1. The number of aromatic nitrogens is 1. The van der Waals surface area contributed by atoms with E-state index in [4.69, 9.17) is 9.31 Å². The Bertz CT molecular complexity index is 485. The van der Waals surface area contributed by atoms with Gasteiger partial charge in [0.25, 0.3) is 0 Å². The summed E-state index contributed by atoms with van der Waals surface area (Å²) in [5, 5.41) is 0. The van der Waals surface area contributed by atoms with Crippen molar-refractivity contribution in [1.82, 2.24) is 9.88 Å². The van der Waals surface area contributed by atoms with Gasteiger partial charge in [-0.15, -0.1) is 0 Å². The van der Waals surface area contributed by atoms with Gasteiger partial charge < -0.3 is 14.2 Å². The van der Waals surface area contributed by atoms with E-state index in [1.165, 1.54) is 5.56 Å². The molecule has 1 saturated heterocycles. The van der Waals surface area contributed by atoms with Gasteiger partial charge in [0.15, 0.2) is 0 Å². The molecule has 0 unspecified atom stereocenters. The van der Waals surface area contributed by atoms with Gasteiger partial charge in [-0.25, -0.2) is 0 Å². The molecule has 1 aromatic heterocycles. The van der Waals surface area contributed by atoms with Gasteiger partial charge in [-0.1, -0.05) is 6.07 Å². The Morgan fingerprint density at radius 3 is 2.20 bits per heavy atom. The standard InChI is InChI=1S/C15H25BN2O2/c1-11-13(8-12(9-17-11)10-18(6)7)16-19-14(2,3)15(4,5)20-16/h8-9H,10H2,1-7H3. The summed E-state index contributed by atoms with van der Waals surface area (Å²) in [5.41, 5.74) is 2.53. The highest BCUT2D eigenvalue weighted by Gasteiger charge is 2.52. The fourth-order valence-electron chi connectivity index (χ4n) is 2.26. The fraction of sp³-hybridized carbons (Fsp3) is 0.667. The Kier molecular flexibility index (Phi) is 3.97. The number of hydrogen-bond acceptors (Lipinski definition) is 4. The summed E-state index contributed by atoms with van der Waals surface area (Å²) >= 11 is 0. The monoisotopic (exact) mass is 276 g/mol. The van der Waals surface area contributed by atoms with E-state index < -0.39 is 0 Å². The van der Waals surface area contributed by atoms with Crippen LogP contribution in [0.25, 0.3) is 0 Å². The van der Waals surface area contributed by atoms with Crippen molar-refractivity contribution in [3.05, 3.63) is 23.5 Å². The van der Waals surface area contributed by atoms with Crippen LogP contribution in [-0.2, 0) is 15.9 Å². The summed E-state index contributed by atoms with van der Waals surface area (Å²) in [6.07, 6.45) is 1.92. The van der Waals surface area contributed by atoms with Crippen molar-refractivity contribution in [3.63, 3.8) is 0 Å². The molecule has 0 aliphatic carbocycles. The molecule has 1 aliphatic rings. The lowest BCUT2D eigenvalue weighted by molar-refractivity contribution is 0.00578. The Balaban J connectivity index is 2.30. The maximum absolute atomic E-state index is 6.12. The molecule has 4 nitrogen and oxygen atoms in total. The van der Waals surface area contributed by atoms with Crippen LogP contribution in [0.5, 0.6) is 0 Å². The van der Waals surface area contributed by atoms with Crippen LogP contribution in [0.4, 0.5) is 0 Å². The largest absolute Gasteiger partial charge is 0.496 e. The van der Waals surface area contributed by atoms with E-state index in [0.29, 0.717) is 0 Å². The maximum Gasteiger partial charge on any atom is 0.496 e. The van der Waals surface area contributed by atoms with Crippen molar-refractivity contribution >= 4 is 12.6 Å².